The van der Waals surface area contributed by atoms with Crippen LogP contribution in [0.4, 0.5) is 11.4 Å². The van der Waals surface area contributed by atoms with Crippen LogP contribution in [0.5, 0.6) is 5.75 Å². The number of halogens is 1. The fourth-order valence-corrected chi connectivity index (χ4v) is 4.06. The van der Waals surface area contributed by atoms with Crippen molar-refractivity contribution in [2.45, 2.75) is 77.8 Å². The summed E-state index contributed by atoms with van der Waals surface area (Å²) in [7, 11) is -1.15. The van der Waals surface area contributed by atoms with E-state index in [1.807, 2.05) is 61.5 Å². The zero-order valence-electron chi connectivity index (χ0n) is 21.6. The molecule has 2 heterocycles. The molecule has 2 fully saturated rings. The van der Waals surface area contributed by atoms with Crippen molar-refractivity contribution in [1.82, 2.24) is 0 Å². The van der Waals surface area contributed by atoms with E-state index in [-0.39, 0.29) is 10.9 Å². The molecule has 0 atom stereocenters. The molecule has 0 unspecified atom stereocenters. The van der Waals surface area contributed by atoms with Gasteiger partial charge in [-0.3, -0.25) is 0 Å². The molecular weight excluding hydrogens is 465 g/mol. The molecule has 4 rings (SSSR count). The molecule has 186 valence electrons. The standard InChI is InChI=1S/C25H33B2ClN2O5/c1-22(2)23(3,4)33-26(32-22)15-9-11-18(29)17(13-15)21(28)30-19-12-10-16(14-20(19)31)27-34-24(5,6)25(7,8)35-27/h9-14,31H,29H2,1-8H3. The van der Waals surface area contributed by atoms with Crippen LogP contribution in [-0.4, -0.2) is 46.9 Å². The minimum absolute atomic E-state index is 0.0453. The maximum Gasteiger partial charge on any atom is 0.494 e. The van der Waals surface area contributed by atoms with Crippen molar-refractivity contribution >= 4 is 53.3 Å². The fraction of sp³-hybridized carbons (Fsp3) is 0.480. The number of hydrogen-bond acceptors (Lipinski definition) is 7. The highest BCUT2D eigenvalue weighted by atomic mass is 35.5. The van der Waals surface area contributed by atoms with Crippen LogP contribution in [0.15, 0.2) is 41.4 Å². The van der Waals surface area contributed by atoms with Gasteiger partial charge in [-0.2, -0.15) is 0 Å². The zero-order valence-corrected chi connectivity index (χ0v) is 22.4. The SMILES string of the molecule is CC1(C)OB(c2ccc(N=C(Cl)c3cc(B4OC(C)(C)C(C)(C)O4)ccc3N)c(O)c2)OC1(C)C. The Labute approximate surface area is 213 Å². The Morgan fingerprint density at radius 2 is 1.20 bits per heavy atom. The number of nitrogen functional groups attached to an aromatic ring is 1. The van der Waals surface area contributed by atoms with Gasteiger partial charge < -0.3 is 29.5 Å². The third-order valence-corrected chi connectivity index (χ3v) is 7.86. The number of aromatic hydroxyl groups is 1. The van der Waals surface area contributed by atoms with Gasteiger partial charge in [0.25, 0.3) is 0 Å². The monoisotopic (exact) mass is 498 g/mol. The minimum atomic E-state index is -0.591. The van der Waals surface area contributed by atoms with E-state index in [2.05, 4.69) is 4.99 Å². The van der Waals surface area contributed by atoms with E-state index >= 15 is 0 Å². The second-order valence-corrected chi connectivity index (χ2v) is 11.5. The maximum atomic E-state index is 10.7. The molecular formula is C25H33B2ClN2O5. The largest absolute Gasteiger partial charge is 0.506 e. The van der Waals surface area contributed by atoms with Gasteiger partial charge in [0, 0.05) is 11.3 Å². The summed E-state index contributed by atoms with van der Waals surface area (Å²) in [5, 5.41) is 10.8. The number of rotatable bonds is 4. The second kappa shape index (κ2) is 8.53. The first-order chi connectivity index (χ1) is 16.0. The predicted octanol–water partition coefficient (Wildman–Crippen LogP) is 3.89. The molecule has 0 aliphatic carbocycles. The average molecular weight is 499 g/mol. The van der Waals surface area contributed by atoms with Gasteiger partial charge in [-0.1, -0.05) is 29.8 Å². The topological polar surface area (TPSA) is 95.5 Å². The molecule has 2 aliphatic heterocycles. The van der Waals surface area contributed by atoms with Gasteiger partial charge in [0.15, 0.2) is 0 Å². The van der Waals surface area contributed by atoms with E-state index in [1.165, 1.54) is 0 Å². The van der Waals surface area contributed by atoms with E-state index < -0.39 is 36.6 Å². The van der Waals surface area contributed by atoms with Crippen molar-refractivity contribution in [1.29, 1.82) is 0 Å². The van der Waals surface area contributed by atoms with E-state index in [0.717, 1.165) is 5.46 Å². The van der Waals surface area contributed by atoms with Gasteiger partial charge in [-0.25, -0.2) is 4.99 Å². The van der Waals surface area contributed by atoms with E-state index in [1.54, 1.807) is 30.3 Å². The first kappa shape index (κ1) is 26.0. The quantitative estimate of drug-likeness (QED) is 0.377. The summed E-state index contributed by atoms with van der Waals surface area (Å²) >= 11 is 6.58. The number of phenolic OH excluding ortho intramolecular Hbond substituents is 1. The predicted molar refractivity (Wildman–Crippen MR) is 142 cm³/mol. The molecule has 2 aromatic rings. The van der Waals surface area contributed by atoms with Crippen LogP contribution in [0, 0.1) is 0 Å². The Hall–Kier alpha value is -2.03. The lowest BCUT2D eigenvalue weighted by atomic mass is 9.78. The van der Waals surface area contributed by atoms with Crippen molar-refractivity contribution in [3.63, 3.8) is 0 Å². The number of benzene rings is 2. The lowest BCUT2D eigenvalue weighted by Crippen LogP contribution is -2.41. The Morgan fingerprint density at radius 1 is 0.771 bits per heavy atom. The first-order valence-corrected chi connectivity index (χ1v) is 12.1. The fourth-order valence-electron chi connectivity index (χ4n) is 3.81. The van der Waals surface area contributed by atoms with Gasteiger partial charge >= 0.3 is 14.2 Å². The number of anilines is 1. The van der Waals surface area contributed by atoms with Gasteiger partial charge in [-0.05, 0) is 84.5 Å². The normalized spacial score (nSPS) is 22.6. The van der Waals surface area contributed by atoms with Crippen molar-refractivity contribution in [2.75, 3.05) is 5.73 Å². The van der Waals surface area contributed by atoms with E-state index in [0.29, 0.717) is 22.4 Å². The lowest BCUT2D eigenvalue weighted by molar-refractivity contribution is 0.00578. The van der Waals surface area contributed by atoms with E-state index in [4.69, 9.17) is 36.0 Å². The van der Waals surface area contributed by atoms with Gasteiger partial charge in [0.2, 0.25) is 0 Å². The number of nitrogens with two attached hydrogens (primary N) is 1. The van der Waals surface area contributed by atoms with Crippen LogP contribution in [0.3, 0.4) is 0 Å². The Balaban J connectivity index is 1.59. The number of hydrogen-bond donors (Lipinski definition) is 2. The smallest absolute Gasteiger partial charge is 0.494 e. The summed E-state index contributed by atoms with van der Waals surface area (Å²) < 4.78 is 24.4. The molecule has 0 spiro atoms. The third-order valence-electron chi connectivity index (χ3n) is 7.57. The lowest BCUT2D eigenvalue weighted by Gasteiger charge is -2.32. The highest BCUT2D eigenvalue weighted by molar-refractivity contribution is 6.71. The van der Waals surface area contributed by atoms with Crippen molar-refractivity contribution in [3.8, 4) is 5.75 Å². The summed E-state index contributed by atoms with van der Waals surface area (Å²) in [5.41, 5.74) is 7.05. The van der Waals surface area contributed by atoms with Crippen molar-refractivity contribution < 1.29 is 23.7 Å². The van der Waals surface area contributed by atoms with Crippen LogP contribution < -0.4 is 16.7 Å². The van der Waals surface area contributed by atoms with Crippen LogP contribution in [-0.2, 0) is 18.6 Å². The first-order valence-electron chi connectivity index (χ1n) is 11.7. The van der Waals surface area contributed by atoms with Crippen LogP contribution in [0.25, 0.3) is 0 Å². The molecule has 35 heavy (non-hydrogen) atoms. The molecule has 10 heteroatoms. The summed E-state index contributed by atoms with van der Waals surface area (Å²) in [6, 6.07) is 10.5. The van der Waals surface area contributed by atoms with Crippen LogP contribution in [0.1, 0.15) is 61.0 Å². The van der Waals surface area contributed by atoms with Crippen molar-refractivity contribution in [3.05, 3.63) is 42.0 Å². The van der Waals surface area contributed by atoms with E-state index in [9.17, 15) is 5.11 Å². The molecule has 3 N–H and O–H groups in total. The third kappa shape index (κ3) is 4.72. The summed E-state index contributed by atoms with van der Waals surface area (Å²) in [6.07, 6.45) is 0. The molecule has 2 aromatic carbocycles. The van der Waals surface area contributed by atoms with Gasteiger partial charge in [0.05, 0.1) is 22.4 Å². The molecule has 7 nitrogen and oxygen atoms in total. The Morgan fingerprint density at radius 3 is 1.66 bits per heavy atom. The Bertz CT molecular complexity index is 1150. The highest BCUT2D eigenvalue weighted by Gasteiger charge is 2.52. The molecule has 0 bridgehead atoms. The summed E-state index contributed by atoms with van der Waals surface area (Å²) in [6.45, 7) is 15.9. The molecule has 0 amide bonds. The molecule has 0 radical (unpaired) electrons. The molecule has 0 aromatic heterocycles. The highest BCUT2D eigenvalue weighted by Crippen LogP contribution is 2.38. The summed E-state index contributed by atoms with van der Waals surface area (Å²) in [5.74, 6) is -0.0453. The molecule has 2 aliphatic rings. The Kier molecular flexibility index (Phi) is 6.34. The number of nitrogens with zero attached hydrogens (tertiary/aromatic N) is 1. The minimum Gasteiger partial charge on any atom is -0.506 e. The number of phenols is 1. The molecule has 0 saturated carbocycles. The average Bonchev–Trinajstić information content (AvgIpc) is 3.09. The van der Waals surface area contributed by atoms with Gasteiger partial charge in [-0.15, -0.1) is 0 Å². The van der Waals surface area contributed by atoms with Gasteiger partial charge in [0.1, 0.15) is 16.6 Å². The zero-order chi connectivity index (χ0) is 26.0. The maximum absolute atomic E-state index is 10.7. The molecule has 2 saturated heterocycles. The van der Waals surface area contributed by atoms with Crippen molar-refractivity contribution in [2.24, 2.45) is 4.99 Å². The summed E-state index contributed by atoms with van der Waals surface area (Å²) in [4.78, 5) is 4.43. The van der Waals surface area contributed by atoms with Crippen LogP contribution in [0.2, 0.25) is 0 Å². The van der Waals surface area contributed by atoms with Crippen LogP contribution >= 0.6 is 11.6 Å². The number of aliphatic imine (C=N–C) groups is 1. The second-order valence-electron chi connectivity index (χ2n) is 11.2.